The lowest BCUT2D eigenvalue weighted by molar-refractivity contribution is -0.139. The highest BCUT2D eigenvalue weighted by molar-refractivity contribution is 6.06. The van der Waals surface area contributed by atoms with E-state index in [1.807, 2.05) is 13.0 Å². The third-order valence-corrected chi connectivity index (χ3v) is 4.66. The van der Waals surface area contributed by atoms with E-state index in [2.05, 4.69) is 5.32 Å². The molecule has 3 rings (SSSR count). The molecule has 1 aliphatic rings. The average Bonchev–Trinajstić information content (AvgIpc) is 3.03. The summed E-state index contributed by atoms with van der Waals surface area (Å²) in [7, 11) is 2.49. The van der Waals surface area contributed by atoms with Crippen molar-refractivity contribution in [2.45, 2.75) is 6.92 Å². The number of methoxy groups -OCH3 is 2. The summed E-state index contributed by atoms with van der Waals surface area (Å²) < 4.78 is 9.73. The molecule has 0 aromatic heterocycles. The second-order valence-electron chi connectivity index (χ2n) is 6.64. The van der Waals surface area contributed by atoms with E-state index in [1.54, 1.807) is 65.7 Å². The Morgan fingerprint density at radius 3 is 2.26 bits per heavy atom. The van der Waals surface area contributed by atoms with E-state index < -0.39 is 11.9 Å². The summed E-state index contributed by atoms with van der Waals surface area (Å²) in [6, 6.07) is 14.2. The van der Waals surface area contributed by atoms with Crippen molar-refractivity contribution in [3.63, 3.8) is 0 Å². The van der Waals surface area contributed by atoms with Crippen LogP contribution in [0.4, 0.5) is 11.4 Å². The topological polar surface area (TPSA) is 84.9 Å². The molecule has 7 heteroatoms. The number of ether oxygens (including phenoxy) is 2. The van der Waals surface area contributed by atoms with Crippen molar-refractivity contribution in [3.05, 3.63) is 95.4 Å². The molecule has 0 unspecified atom stereocenters. The van der Waals surface area contributed by atoms with Gasteiger partial charge in [-0.25, -0.2) is 9.59 Å². The second-order valence-corrected chi connectivity index (χ2v) is 6.64. The van der Waals surface area contributed by atoms with E-state index >= 15 is 0 Å². The molecule has 0 aliphatic carbocycles. The van der Waals surface area contributed by atoms with Gasteiger partial charge < -0.3 is 19.7 Å². The zero-order chi connectivity index (χ0) is 22.4. The lowest BCUT2D eigenvalue weighted by atomic mass is 10.1. The van der Waals surface area contributed by atoms with Crippen LogP contribution in [0.25, 0.3) is 0 Å². The standard InChI is InChI=1S/C24H22N2O5/c1-16-15-18(12-13-20(16)25-22(27)17-9-5-4-6-10-17)26-14-8-7-11-19(23(28)30-2)21(26)24(29)31-3/h4-15H,1-3H3,(H,25,27). The Morgan fingerprint density at radius 1 is 0.903 bits per heavy atom. The van der Waals surface area contributed by atoms with Gasteiger partial charge in [0.15, 0.2) is 0 Å². The van der Waals surface area contributed by atoms with Gasteiger partial charge >= 0.3 is 11.9 Å². The Hall–Kier alpha value is -4.13. The van der Waals surface area contributed by atoms with Crippen molar-refractivity contribution in [2.24, 2.45) is 0 Å². The predicted molar refractivity (Wildman–Crippen MR) is 117 cm³/mol. The zero-order valence-electron chi connectivity index (χ0n) is 17.4. The normalized spacial score (nSPS) is 12.9. The first-order valence-corrected chi connectivity index (χ1v) is 9.48. The largest absolute Gasteiger partial charge is 0.465 e. The highest BCUT2D eigenvalue weighted by atomic mass is 16.5. The summed E-state index contributed by atoms with van der Waals surface area (Å²) in [6.07, 6.45) is 6.47. The van der Waals surface area contributed by atoms with Gasteiger partial charge in [-0.1, -0.05) is 24.3 Å². The van der Waals surface area contributed by atoms with Gasteiger partial charge in [-0.05, 0) is 55.0 Å². The number of hydrogen-bond donors (Lipinski definition) is 1. The van der Waals surface area contributed by atoms with Gasteiger partial charge in [0.1, 0.15) is 5.70 Å². The van der Waals surface area contributed by atoms with Crippen molar-refractivity contribution in [2.75, 3.05) is 24.4 Å². The fraction of sp³-hybridized carbons (Fsp3) is 0.125. The molecule has 0 saturated heterocycles. The Balaban J connectivity index is 1.97. The fourth-order valence-corrected chi connectivity index (χ4v) is 3.09. The molecular weight excluding hydrogens is 396 g/mol. The number of aryl methyl sites for hydroxylation is 1. The highest BCUT2D eigenvalue weighted by Crippen LogP contribution is 2.29. The molecule has 7 nitrogen and oxygen atoms in total. The predicted octanol–water partition coefficient (Wildman–Crippen LogP) is 3.74. The Labute approximate surface area is 180 Å². The fourth-order valence-electron chi connectivity index (χ4n) is 3.09. The number of amides is 1. The molecule has 2 aromatic carbocycles. The maximum absolute atomic E-state index is 12.5. The lowest BCUT2D eigenvalue weighted by Crippen LogP contribution is -2.27. The van der Waals surface area contributed by atoms with E-state index in [9.17, 15) is 14.4 Å². The Kier molecular flexibility index (Phi) is 6.67. The number of benzene rings is 2. The van der Waals surface area contributed by atoms with Gasteiger partial charge in [0.2, 0.25) is 0 Å². The van der Waals surface area contributed by atoms with Crippen LogP contribution in [0, 0.1) is 6.92 Å². The molecule has 0 saturated carbocycles. The van der Waals surface area contributed by atoms with Gasteiger partial charge in [0.25, 0.3) is 5.91 Å². The van der Waals surface area contributed by atoms with Crippen molar-refractivity contribution < 1.29 is 23.9 Å². The Morgan fingerprint density at radius 2 is 1.61 bits per heavy atom. The van der Waals surface area contributed by atoms with Crippen molar-refractivity contribution in [1.29, 1.82) is 0 Å². The first-order valence-electron chi connectivity index (χ1n) is 9.48. The van der Waals surface area contributed by atoms with Crippen LogP contribution in [0.15, 0.2) is 84.2 Å². The quantitative estimate of drug-likeness (QED) is 0.745. The number of nitrogens with one attached hydrogen (secondary N) is 1. The van der Waals surface area contributed by atoms with E-state index in [-0.39, 0.29) is 17.2 Å². The van der Waals surface area contributed by atoms with Crippen LogP contribution >= 0.6 is 0 Å². The van der Waals surface area contributed by atoms with Crippen LogP contribution < -0.4 is 10.2 Å². The molecule has 1 N–H and O–H groups in total. The minimum absolute atomic E-state index is 0.0276. The molecule has 2 aromatic rings. The lowest BCUT2D eigenvalue weighted by Gasteiger charge is -2.24. The number of carbonyl (C=O) groups is 3. The number of allylic oxidation sites excluding steroid dienone is 2. The zero-order valence-corrected chi connectivity index (χ0v) is 17.4. The summed E-state index contributed by atoms with van der Waals surface area (Å²) in [4.78, 5) is 38.8. The SMILES string of the molecule is COC(=O)C1=C(C(=O)OC)N(c2ccc(NC(=O)c3ccccc3)c(C)c2)C=CC=C1. The maximum Gasteiger partial charge on any atom is 0.355 e. The molecule has 0 fully saturated rings. The highest BCUT2D eigenvalue weighted by Gasteiger charge is 2.27. The number of rotatable bonds is 5. The summed E-state index contributed by atoms with van der Waals surface area (Å²) in [5.41, 5.74) is 2.66. The molecular formula is C24H22N2O5. The third kappa shape index (κ3) is 4.72. The molecule has 158 valence electrons. The van der Waals surface area contributed by atoms with Crippen LogP contribution in [-0.2, 0) is 19.1 Å². The molecule has 1 heterocycles. The van der Waals surface area contributed by atoms with E-state index in [0.29, 0.717) is 16.9 Å². The van der Waals surface area contributed by atoms with Gasteiger partial charge in [-0.15, -0.1) is 0 Å². The molecule has 0 bridgehead atoms. The first-order chi connectivity index (χ1) is 15.0. The average molecular weight is 418 g/mol. The molecule has 31 heavy (non-hydrogen) atoms. The summed E-state index contributed by atoms with van der Waals surface area (Å²) in [5.74, 6) is -1.57. The summed E-state index contributed by atoms with van der Waals surface area (Å²) in [6.45, 7) is 1.84. The first kappa shape index (κ1) is 21.6. The number of esters is 2. The van der Waals surface area contributed by atoms with Crippen LogP contribution in [0.1, 0.15) is 15.9 Å². The molecule has 0 atom stereocenters. The van der Waals surface area contributed by atoms with Crippen molar-refractivity contribution in [3.8, 4) is 0 Å². The number of nitrogens with zero attached hydrogens (tertiary/aromatic N) is 1. The number of carbonyl (C=O) groups excluding carboxylic acids is 3. The van der Waals surface area contributed by atoms with E-state index in [1.165, 1.54) is 20.3 Å². The van der Waals surface area contributed by atoms with Crippen molar-refractivity contribution >= 4 is 29.2 Å². The maximum atomic E-state index is 12.5. The second kappa shape index (κ2) is 9.58. The number of hydrogen-bond acceptors (Lipinski definition) is 6. The van der Waals surface area contributed by atoms with Crippen LogP contribution in [0.2, 0.25) is 0 Å². The molecule has 1 amide bonds. The summed E-state index contributed by atoms with van der Waals surface area (Å²) >= 11 is 0. The molecule has 0 spiro atoms. The monoisotopic (exact) mass is 418 g/mol. The summed E-state index contributed by atoms with van der Waals surface area (Å²) in [5, 5.41) is 2.88. The minimum Gasteiger partial charge on any atom is -0.465 e. The van der Waals surface area contributed by atoms with Gasteiger partial charge in [-0.2, -0.15) is 0 Å². The minimum atomic E-state index is -0.685. The van der Waals surface area contributed by atoms with Gasteiger partial charge in [-0.3, -0.25) is 4.79 Å². The van der Waals surface area contributed by atoms with Gasteiger partial charge in [0, 0.05) is 23.1 Å². The number of anilines is 2. The molecule has 0 radical (unpaired) electrons. The van der Waals surface area contributed by atoms with Crippen LogP contribution in [0.3, 0.4) is 0 Å². The van der Waals surface area contributed by atoms with Crippen LogP contribution in [-0.4, -0.2) is 32.1 Å². The van der Waals surface area contributed by atoms with Gasteiger partial charge in [0.05, 0.1) is 19.8 Å². The van der Waals surface area contributed by atoms with Crippen molar-refractivity contribution in [1.82, 2.24) is 0 Å². The van der Waals surface area contributed by atoms with E-state index in [0.717, 1.165) is 5.56 Å². The third-order valence-electron chi connectivity index (χ3n) is 4.66. The smallest absolute Gasteiger partial charge is 0.355 e. The van der Waals surface area contributed by atoms with Crippen LogP contribution in [0.5, 0.6) is 0 Å². The van der Waals surface area contributed by atoms with E-state index in [4.69, 9.17) is 9.47 Å². The molecule has 1 aliphatic heterocycles. The Bertz CT molecular complexity index is 1100.